The van der Waals surface area contributed by atoms with Crippen LogP contribution in [0.15, 0.2) is 61.0 Å². The molecule has 1 aliphatic heterocycles. The molecule has 2 heterocycles. The maximum absolute atomic E-state index is 4.25. The number of nitrogens with one attached hydrogen (secondary N) is 1. The number of likely N-dealkylation sites (tertiary alicyclic amines) is 1. The van der Waals surface area contributed by atoms with Crippen LogP contribution in [0.25, 0.3) is 5.70 Å². The Morgan fingerprint density at radius 2 is 2.00 bits per heavy atom. The first-order valence-electron chi connectivity index (χ1n) is 11.7. The van der Waals surface area contributed by atoms with Gasteiger partial charge in [0.1, 0.15) is 0 Å². The van der Waals surface area contributed by atoms with Gasteiger partial charge in [-0.1, -0.05) is 43.4 Å². The summed E-state index contributed by atoms with van der Waals surface area (Å²) in [4.78, 5) is 2.69. The van der Waals surface area contributed by atoms with Gasteiger partial charge in [-0.15, -0.1) is 0 Å². The predicted octanol–water partition coefficient (Wildman–Crippen LogP) is 5.96. The predicted molar refractivity (Wildman–Crippen MR) is 134 cm³/mol. The zero-order chi connectivity index (χ0) is 22.7. The molecular formula is C27H43N3O. The zero-order valence-electron chi connectivity index (χ0n) is 20.5. The summed E-state index contributed by atoms with van der Waals surface area (Å²) in [6.07, 6.45) is 22.3. The molecule has 1 aromatic heterocycles. The molecule has 31 heavy (non-hydrogen) atoms. The molecule has 172 valence electrons. The Hall–Kier alpha value is -2.04. The molecule has 2 aliphatic rings. The van der Waals surface area contributed by atoms with Crippen LogP contribution < -0.4 is 5.32 Å². The van der Waals surface area contributed by atoms with Gasteiger partial charge in [0.05, 0.1) is 5.54 Å². The summed E-state index contributed by atoms with van der Waals surface area (Å²) < 4.78 is 6.61. The van der Waals surface area contributed by atoms with E-state index in [2.05, 4.69) is 108 Å². The smallest absolute Gasteiger partial charge is 0.0798 e. The third-order valence-electron chi connectivity index (χ3n) is 6.61. The van der Waals surface area contributed by atoms with E-state index in [9.17, 15) is 0 Å². The number of allylic oxidation sites excluding steroid dienone is 6. The number of hydrogen-bond acceptors (Lipinski definition) is 3. The minimum absolute atomic E-state index is 0.00202. The van der Waals surface area contributed by atoms with E-state index in [1.54, 1.807) is 14.2 Å². The van der Waals surface area contributed by atoms with E-state index in [-0.39, 0.29) is 5.54 Å². The van der Waals surface area contributed by atoms with Crippen LogP contribution in [-0.4, -0.2) is 42.8 Å². The summed E-state index contributed by atoms with van der Waals surface area (Å²) in [5, 5.41) is 3.82. The summed E-state index contributed by atoms with van der Waals surface area (Å²) in [7, 11) is 3.25. The summed E-state index contributed by atoms with van der Waals surface area (Å²) in [6, 6.07) is 5.08. The maximum atomic E-state index is 4.25. The third-order valence-corrected chi connectivity index (χ3v) is 6.61. The Kier molecular flexibility index (Phi) is 10.4. The van der Waals surface area contributed by atoms with Gasteiger partial charge in [-0.3, -0.25) is 4.90 Å². The van der Waals surface area contributed by atoms with Crippen LogP contribution in [0, 0.1) is 5.92 Å². The van der Waals surface area contributed by atoms with Gasteiger partial charge in [-0.2, -0.15) is 0 Å². The van der Waals surface area contributed by atoms with Crippen molar-refractivity contribution in [1.29, 1.82) is 0 Å². The van der Waals surface area contributed by atoms with Crippen molar-refractivity contribution in [3.05, 3.63) is 66.7 Å². The largest absolute Gasteiger partial charge is 0.388 e. The molecule has 0 aromatic carbocycles. The number of piperidine rings is 1. The first-order chi connectivity index (χ1) is 15.0. The van der Waals surface area contributed by atoms with E-state index in [0.29, 0.717) is 12.0 Å². The minimum Gasteiger partial charge on any atom is -0.388 e. The molecule has 0 radical (unpaired) electrons. The molecule has 1 aliphatic carbocycles. The standard InChI is InChI=1S/C25H37N3.C2H6O/c1-5-7-17-26-25(24-14-11-18-28(24)21(3)6-2)15-19-27(20-16-25)22(4)23-12-9-8-10-13-23;1-3-2/h6-12,14,17-18,22-23,26H,5,13,15-16,19-20H2,1-4H3;1-2H3/b17-7+,21-6+;. The van der Waals surface area contributed by atoms with Gasteiger partial charge in [0.2, 0.25) is 0 Å². The molecule has 1 N–H and O–H groups in total. The van der Waals surface area contributed by atoms with Crippen molar-refractivity contribution in [2.24, 2.45) is 5.92 Å². The molecular weight excluding hydrogens is 382 g/mol. The number of hydrogen-bond donors (Lipinski definition) is 1. The van der Waals surface area contributed by atoms with Gasteiger partial charge in [0, 0.05) is 50.9 Å². The highest BCUT2D eigenvalue weighted by Gasteiger charge is 2.39. The van der Waals surface area contributed by atoms with E-state index in [0.717, 1.165) is 32.4 Å². The van der Waals surface area contributed by atoms with E-state index < -0.39 is 0 Å². The highest BCUT2D eigenvalue weighted by Crippen LogP contribution is 2.36. The molecule has 0 amide bonds. The average Bonchev–Trinajstić information content (AvgIpc) is 3.31. The number of ether oxygens (including phenoxy) is 1. The molecule has 4 nitrogen and oxygen atoms in total. The molecule has 4 heteroatoms. The van der Waals surface area contributed by atoms with Crippen LogP contribution in [0.5, 0.6) is 0 Å². The number of methoxy groups -OCH3 is 1. The number of rotatable bonds is 7. The molecule has 1 fully saturated rings. The van der Waals surface area contributed by atoms with Gasteiger partial charge in [-0.05, 0) is 70.7 Å². The Labute approximate surface area is 190 Å². The first-order valence-corrected chi connectivity index (χ1v) is 11.7. The Balaban J connectivity index is 0.00000107. The quantitative estimate of drug-likeness (QED) is 0.585. The second-order valence-electron chi connectivity index (χ2n) is 8.63. The van der Waals surface area contributed by atoms with Crippen molar-refractivity contribution >= 4 is 5.70 Å². The monoisotopic (exact) mass is 425 g/mol. The summed E-state index contributed by atoms with van der Waals surface area (Å²) in [5.74, 6) is 0.638. The van der Waals surface area contributed by atoms with Crippen molar-refractivity contribution in [1.82, 2.24) is 14.8 Å². The Morgan fingerprint density at radius 1 is 1.29 bits per heavy atom. The van der Waals surface area contributed by atoms with E-state index in [4.69, 9.17) is 0 Å². The van der Waals surface area contributed by atoms with Gasteiger partial charge in [0.25, 0.3) is 0 Å². The topological polar surface area (TPSA) is 29.4 Å². The zero-order valence-corrected chi connectivity index (χ0v) is 20.5. The SMILES string of the molecule is C/C=C(\C)n1cccc1C1(N/C=C/CC)CCN(C(C)C2C=CC=CC2)CC1.COC. The van der Waals surface area contributed by atoms with Gasteiger partial charge in [0.15, 0.2) is 0 Å². The molecule has 3 rings (SSSR count). The Morgan fingerprint density at radius 3 is 2.58 bits per heavy atom. The lowest BCUT2D eigenvalue weighted by molar-refractivity contribution is 0.0902. The number of aromatic nitrogens is 1. The van der Waals surface area contributed by atoms with Crippen molar-refractivity contribution < 1.29 is 4.74 Å². The van der Waals surface area contributed by atoms with Gasteiger partial charge >= 0.3 is 0 Å². The number of nitrogens with zero attached hydrogens (tertiary/aromatic N) is 2. The molecule has 1 saturated heterocycles. The minimum atomic E-state index is -0.00202. The van der Waals surface area contributed by atoms with Gasteiger partial charge in [-0.25, -0.2) is 0 Å². The lowest BCUT2D eigenvalue weighted by Crippen LogP contribution is -2.53. The molecule has 2 unspecified atom stereocenters. The molecule has 1 aromatic rings. The van der Waals surface area contributed by atoms with E-state index in [1.807, 2.05) is 0 Å². The highest BCUT2D eigenvalue weighted by molar-refractivity contribution is 5.46. The van der Waals surface area contributed by atoms with E-state index >= 15 is 0 Å². The third kappa shape index (κ3) is 6.47. The fourth-order valence-corrected chi connectivity index (χ4v) is 4.57. The highest BCUT2D eigenvalue weighted by atomic mass is 16.4. The molecule has 0 saturated carbocycles. The Bertz CT molecular complexity index is 763. The molecule has 0 bridgehead atoms. The van der Waals surface area contributed by atoms with E-state index in [1.165, 1.54) is 17.8 Å². The van der Waals surface area contributed by atoms with Crippen LogP contribution in [0.1, 0.15) is 59.1 Å². The molecule has 2 atom stereocenters. The van der Waals surface area contributed by atoms with Crippen LogP contribution in [0.3, 0.4) is 0 Å². The normalized spacial score (nSPS) is 22.3. The molecule has 0 spiro atoms. The second-order valence-corrected chi connectivity index (χ2v) is 8.63. The van der Waals surface area contributed by atoms with Crippen LogP contribution in [0.4, 0.5) is 0 Å². The fraction of sp³-hybridized carbons (Fsp3) is 0.556. The van der Waals surface area contributed by atoms with Crippen LogP contribution in [-0.2, 0) is 10.3 Å². The maximum Gasteiger partial charge on any atom is 0.0798 e. The lowest BCUT2D eigenvalue weighted by Gasteiger charge is -2.46. The lowest BCUT2D eigenvalue weighted by atomic mass is 9.82. The van der Waals surface area contributed by atoms with Crippen molar-refractivity contribution in [3.63, 3.8) is 0 Å². The van der Waals surface area contributed by atoms with Crippen molar-refractivity contribution in [2.75, 3.05) is 27.3 Å². The average molecular weight is 426 g/mol. The summed E-state index contributed by atoms with van der Waals surface area (Å²) in [5.41, 5.74) is 2.67. The summed E-state index contributed by atoms with van der Waals surface area (Å²) in [6.45, 7) is 11.2. The van der Waals surface area contributed by atoms with Crippen LogP contribution in [0.2, 0.25) is 0 Å². The van der Waals surface area contributed by atoms with Crippen molar-refractivity contribution in [2.45, 2.75) is 65.0 Å². The van der Waals surface area contributed by atoms with Crippen molar-refractivity contribution in [3.8, 4) is 0 Å². The second kappa shape index (κ2) is 12.7. The fourth-order valence-electron chi connectivity index (χ4n) is 4.57. The van der Waals surface area contributed by atoms with Gasteiger partial charge < -0.3 is 14.6 Å². The van der Waals surface area contributed by atoms with Crippen LogP contribution >= 0.6 is 0 Å². The summed E-state index contributed by atoms with van der Waals surface area (Å²) >= 11 is 0. The first kappa shape index (κ1) is 25.2.